The molecule has 0 aliphatic heterocycles. The maximum absolute atomic E-state index is 12.0. The summed E-state index contributed by atoms with van der Waals surface area (Å²) in [5.74, 6) is 0.0579. The van der Waals surface area contributed by atoms with Gasteiger partial charge in [0, 0.05) is 11.5 Å². The molecule has 0 bridgehead atoms. The van der Waals surface area contributed by atoms with Crippen LogP contribution in [0.2, 0.25) is 0 Å². The molecule has 0 atom stereocenters. The zero-order valence-corrected chi connectivity index (χ0v) is 6.39. The first-order valence-corrected chi connectivity index (χ1v) is 4.19. The van der Waals surface area contributed by atoms with Crippen molar-refractivity contribution in [1.29, 1.82) is 0 Å². The van der Waals surface area contributed by atoms with Gasteiger partial charge in [0.15, 0.2) is 0 Å². The Morgan fingerprint density at radius 3 is 2.18 bits per heavy atom. The molecule has 0 radical (unpaired) electrons. The Hall–Kier alpha value is -0.180. The SMILES string of the molecule is NC1(C2CC(C(F)F)C2)CC1. The first kappa shape index (κ1) is 7.47. The van der Waals surface area contributed by atoms with E-state index >= 15 is 0 Å². The highest BCUT2D eigenvalue weighted by Gasteiger charge is 2.52. The van der Waals surface area contributed by atoms with Crippen LogP contribution < -0.4 is 5.73 Å². The molecule has 2 aliphatic carbocycles. The summed E-state index contributed by atoms with van der Waals surface area (Å²) in [5.41, 5.74) is 5.85. The van der Waals surface area contributed by atoms with Crippen molar-refractivity contribution in [3.8, 4) is 0 Å². The lowest BCUT2D eigenvalue weighted by Gasteiger charge is -2.38. The second-order valence-electron chi connectivity index (χ2n) is 4.00. The maximum Gasteiger partial charge on any atom is 0.241 e. The molecule has 2 aliphatic rings. The number of alkyl halides is 2. The molecule has 0 amide bonds. The molecule has 0 unspecified atom stereocenters. The molecule has 0 spiro atoms. The molecule has 0 aromatic rings. The van der Waals surface area contributed by atoms with Crippen LogP contribution in [0.25, 0.3) is 0 Å². The molecule has 0 heterocycles. The molecule has 3 heteroatoms. The Bertz CT molecular complexity index is 159. The van der Waals surface area contributed by atoms with Crippen LogP contribution in [0.15, 0.2) is 0 Å². The third-order valence-corrected chi connectivity index (χ3v) is 3.17. The molecule has 2 fully saturated rings. The average molecular weight is 161 g/mol. The van der Waals surface area contributed by atoms with Gasteiger partial charge in [-0.25, -0.2) is 8.78 Å². The van der Waals surface area contributed by atoms with Crippen LogP contribution in [0, 0.1) is 11.8 Å². The lowest BCUT2D eigenvalue weighted by atomic mass is 9.70. The fourth-order valence-corrected chi connectivity index (χ4v) is 1.89. The normalized spacial score (nSPS) is 40.4. The van der Waals surface area contributed by atoms with E-state index in [1.807, 2.05) is 0 Å². The van der Waals surface area contributed by atoms with Gasteiger partial charge in [-0.1, -0.05) is 0 Å². The van der Waals surface area contributed by atoms with E-state index in [0.29, 0.717) is 18.8 Å². The second-order valence-corrected chi connectivity index (χ2v) is 4.00. The fraction of sp³-hybridized carbons (Fsp3) is 1.00. The molecule has 64 valence electrons. The molecule has 2 rings (SSSR count). The topological polar surface area (TPSA) is 26.0 Å². The highest BCUT2D eigenvalue weighted by atomic mass is 19.3. The van der Waals surface area contributed by atoms with Crippen molar-refractivity contribution in [3.05, 3.63) is 0 Å². The van der Waals surface area contributed by atoms with Crippen LogP contribution in [-0.4, -0.2) is 12.0 Å². The number of halogens is 2. The Balaban J connectivity index is 1.80. The van der Waals surface area contributed by atoms with Crippen molar-refractivity contribution in [3.63, 3.8) is 0 Å². The van der Waals surface area contributed by atoms with Gasteiger partial charge in [-0.3, -0.25) is 0 Å². The lowest BCUT2D eigenvalue weighted by Crippen LogP contribution is -2.43. The zero-order chi connectivity index (χ0) is 8.06. The predicted molar refractivity (Wildman–Crippen MR) is 38.4 cm³/mol. The maximum atomic E-state index is 12.0. The summed E-state index contributed by atoms with van der Waals surface area (Å²) in [6, 6.07) is 0. The van der Waals surface area contributed by atoms with E-state index < -0.39 is 6.43 Å². The molecule has 11 heavy (non-hydrogen) atoms. The molecule has 0 aromatic carbocycles. The van der Waals surface area contributed by atoms with Gasteiger partial charge in [0.25, 0.3) is 0 Å². The van der Waals surface area contributed by atoms with Crippen molar-refractivity contribution in [2.75, 3.05) is 0 Å². The van der Waals surface area contributed by atoms with Gasteiger partial charge in [0.05, 0.1) is 0 Å². The number of hydrogen-bond donors (Lipinski definition) is 1. The Morgan fingerprint density at radius 1 is 1.27 bits per heavy atom. The minimum atomic E-state index is -2.12. The highest BCUT2D eigenvalue weighted by Crippen LogP contribution is 2.52. The summed E-state index contributed by atoms with van der Waals surface area (Å²) in [6.07, 6.45) is 1.30. The van der Waals surface area contributed by atoms with Crippen LogP contribution in [0.5, 0.6) is 0 Å². The zero-order valence-electron chi connectivity index (χ0n) is 6.39. The summed E-state index contributed by atoms with van der Waals surface area (Å²) in [7, 11) is 0. The summed E-state index contributed by atoms with van der Waals surface area (Å²) in [5, 5.41) is 0. The fourth-order valence-electron chi connectivity index (χ4n) is 1.89. The van der Waals surface area contributed by atoms with Crippen LogP contribution in [-0.2, 0) is 0 Å². The minimum absolute atomic E-state index is 0.0224. The second kappa shape index (κ2) is 2.16. The van der Waals surface area contributed by atoms with Gasteiger partial charge in [-0.2, -0.15) is 0 Å². The molecule has 2 N–H and O–H groups in total. The van der Waals surface area contributed by atoms with Crippen molar-refractivity contribution in [1.82, 2.24) is 0 Å². The Kier molecular flexibility index (Phi) is 1.46. The minimum Gasteiger partial charge on any atom is -0.325 e. The number of hydrogen-bond acceptors (Lipinski definition) is 1. The van der Waals surface area contributed by atoms with Crippen molar-refractivity contribution >= 4 is 0 Å². The molecular formula is C8H13F2N. The average Bonchev–Trinajstić information content (AvgIpc) is 2.42. The summed E-state index contributed by atoms with van der Waals surface area (Å²) in [6.45, 7) is 0. The van der Waals surface area contributed by atoms with Gasteiger partial charge < -0.3 is 5.73 Å². The van der Waals surface area contributed by atoms with Crippen LogP contribution in [0.1, 0.15) is 25.7 Å². The standard InChI is InChI=1S/C8H13F2N/c9-7(10)5-3-6(4-5)8(11)1-2-8/h5-7H,1-4,11H2. The first-order valence-electron chi connectivity index (χ1n) is 4.19. The van der Waals surface area contributed by atoms with Gasteiger partial charge >= 0.3 is 0 Å². The Morgan fingerprint density at radius 2 is 1.82 bits per heavy atom. The highest BCUT2D eigenvalue weighted by molar-refractivity contribution is 5.08. The molecule has 1 nitrogen and oxygen atoms in total. The molecule has 0 saturated heterocycles. The molecule has 0 aromatic heterocycles. The van der Waals surface area contributed by atoms with Gasteiger partial charge in [0.2, 0.25) is 6.43 Å². The number of rotatable bonds is 2. The third-order valence-electron chi connectivity index (χ3n) is 3.17. The summed E-state index contributed by atoms with van der Waals surface area (Å²) in [4.78, 5) is 0. The summed E-state index contributed by atoms with van der Waals surface area (Å²) < 4.78 is 24.0. The van der Waals surface area contributed by atoms with E-state index in [1.165, 1.54) is 0 Å². The van der Waals surface area contributed by atoms with Crippen LogP contribution >= 0.6 is 0 Å². The van der Waals surface area contributed by atoms with Gasteiger partial charge in [0.1, 0.15) is 0 Å². The number of nitrogens with two attached hydrogens (primary N) is 1. The van der Waals surface area contributed by atoms with E-state index in [1.54, 1.807) is 0 Å². The molecular weight excluding hydrogens is 148 g/mol. The third kappa shape index (κ3) is 1.15. The lowest BCUT2D eigenvalue weighted by molar-refractivity contribution is -0.00782. The van der Waals surface area contributed by atoms with Crippen LogP contribution in [0.4, 0.5) is 8.78 Å². The monoisotopic (exact) mass is 161 g/mol. The van der Waals surface area contributed by atoms with E-state index in [4.69, 9.17) is 5.73 Å². The van der Waals surface area contributed by atoms with Gasteiger partial charge in [-0.05, 0) is 31.6 Å². The van der Waals surface area contributed by atoms with E-state index in [0.717, 1.165) is 12.8 Å². The molecule has 2 saturated carbocycles. The predicted octanol–water partition coefficient (Wildman–Crippen LogP) is 1.77. The quantitative estimate of drug-likeness (QED) is 0.656. The summed E-state index contributed by atoms with van der Waals surface area (Å²) >= 11 is 0. The van der Waals surface area contributed by atoms with Crippen molar-refractivity contribution < 1.29 is 8.78 Å². The van der Waals surface area contributed by atoms with Gasteiger partial charge in [-0.15, -0.1) is 0 Å². The van der Waals surface area contributed by atoms with E-state index in [2.05, 4.69) is 0 Å². The van der Waals surface area contributed by atoms with Crippen molar-refractivity contribution in [2.45, 2.75) is 37.6 Å². The first-order chi connectivity index (χ1) is 5.12. The Labute approximate surface area is 65.0 Å². The van der Waals surface area contributed by atoms with Crippen molar-refractivity contribution in [2.24, 2.45) is 17.6 Å². The van der Waals surface area contributed by atoms with E-state index in [-0.39, 0.29) is 11.5 Å². The van der Waals surface area contributed by atoms with E-state index in [9.17, 15) is 8.78 Å². The van der Waals surface area contributed by atoms with Crippen LogP contribution in [0.3, 0.4) is 0 Å². The largest absolute Gasteiger partial charge is 0.325 e. The smallest absolute Gasteiger partial charge is 0.241 e.